The number of aliphatic imine (C=N–C) groups is 1. The minimum absolute atomic E-state index is 0.461. The smallest absolute Gasteiger partial charge is 0.209 e. The molecule has 6 nitrogen and oxygen atoms in total. The average Bonchev–Trinajstić information content (AvgIpc) is 2.41. The molecule has 1 rings (SSSR count). The van der Waals surface area contributed by atoms with Gasteiger partial charge in [0.2, 0.25) is 10.0 Å². The Morgan fingerprint density at radius 1 is 1.32 bits per heavy atom. The fraction of sp³-hybridized carbons (Fsp3) is 0.800. The van der Waals surface area contributed by atoms with Crippen LogP contribution in [0, 0.1) is 0 Å². The van der Waals surface area contributed by atoms with Crippen LogP contribution in [-0.2, 0) is 10.0 Å². The van der Waals surface area contributed by atoms with Crippen molar-refractivity contribution in [3.63, 3.8) is 0 Å². The van der Waals surface area contributed by atoms with E-state index in [2.05, 4.69) is 26.4 Å². The molecule has 128 valence electrons. The Balaban J connectivity index is 2.34. The van der Waals surface area contributed by atoms with E-state index in [4.69, 9.17) is 0 Å². The summed E-state index contributed by atoms with van der Waals surface area (Å²) < 4.78 is 25.2. The van der Waals surface area contributed by atoms with Crippen molar-refractivity contribution < 1.29 is 8.42 Å². The molecule has 0 aromatic heterocycles. The number of nitrogens with one attached hydrogen (secondary N) is 3. The Bertz CT molecular complexity index is 510. The van der Waals surface area contributed by atoms with Crippen LogP contribution in [0.15, 0.2) is 16.6 Å². The molecule has 0 saturated heterocycles. The van der Waals surface area contributed by atoms with Gasteiger partial charge in [-0.15, -0.1) is 0 Å². The van der Waals surface area contributed by atoms with Gasteiger partial charge < -0.3 is 10.6 Å². The molecule has 0 fully saturated rings. The van der Waals surface area contributed by atoms with Crippen molar-refractivity contribution in [2.24, 2.45) is 4.99 Å². The molecule has 0 amide bonds. The van der Waals surface area contributed by atoms with E-state index in [0.29, 0.717) is 12.5 Å². The first kappa shape index (κ1) is 19.0. The molecular formula is C15H30N4O2S. The van der Waals surface area contributed by atoms with Crippen molar-refractivity contribution >= 4 is 16.0 Å². The van der Waals surface area contributed by atoms with Crippen molar-refractivity contribution in [2.45, 2.75) is 51.5 Å². The molecular weight excluding hydrogens is 300 g/mol. The van der Waals surface area contributed by atoms with Gasteiger partial charge >= 0.3 is 0 Å². The molecule has 0 bridgehead atoms. The SMILES string of the molecule is CN=C(NCCC1=CCCCC1)NCC(C)(C)NS(C)(=O)=O. The van der Waals surface area contributed by atoms with Crippen LogP contribution in [0.1, 0.15) is 46.0 Å². The maximum absolute atomic E-state index is 11.3. The minimum atomic E-state index is -3.23. The number of guanidine groups is 1. The molecule has 0 radical (unpaired) electrons. The number of nitrogens with zero attached hydrogens (tertiary/aromatic N) is 1. The number of sulfonamides is 1. The van der Waals surface area contributed by atoms with Gasteiger partial charge in [0.15, 0.2) is 5.96 Å². The molecule has 1 aliphatic rings. The second-order valence-electron chi connectivity index (χ2n) is 6.47. The first-order valence-corrected chi connectivity index (χ1v) is 9.72. The van der Waals surface area contributed by atoms with Crippen LogP contribution in [0.2, 0.25) is 0 Å². The Hall–Kier alpha value is -1.08. The molecule has 0 unspecified atom stereocenters. The summed E-state index contributed by atoms with van der Waals surface area (Å²) in [6.45, 7) is 4.97. The van der Waals surface area contributed by atoms with E-state index >= 15 is 0 Å². The molecule has 0 aromatic carbocycles. The maximum Gasteiger partial charge on any atom is 0.209 e. The zero-order chi connectivity index (χ0) is 16.6. The Morgan fingerprint density at radius 3 is 2.59 bits per heavy atom. The van der Waals surface area contributed by atoms with Crippen LogP contribution < -0.4 is 15.4 Å². The monoisotopic (exact) mass is 330 g/mol. The standard InChI is InChI=1S/C15H30N4O2S/c1-15(2,19-22(4,20)21)12-18-14(16-3)17-11-10-13-8-6-5-7-9-13/h8,19H,5-7,9-12H2,1-4H3,(H2,16,17,18). The predicted molar refractivity (Wildman–Crippen MR) is 92.6 cm³/mol. The van der Waals surface area contributed by atoms with E-state index in [1.54, 1.807) is 7.05 Å². The summed E-state index contributed by atoms with van der Waals surface area (Å²) in [5.41, 5.74) is 0.949. The van der Waals surface area contributed by atoms with Gasteiger partial charge in [-0.1, -0.05) is 11.6 Å². The molecule has 0 aliphatic heterocycles. The Morgan fingerprint density at radius 2 is 2.05 bits per heavy atom. The largest absolute Gasteiger partial charge is 0.356 e. The average molecular weight is 330 g/mol. The van der Waals surface area contributed by atoms with Gasteiger partial charge in [-0.25, -0.2) is 13.1 Å². The molecule has 1 aliphatic carbocycles. The fourth-order valence-electron chi connectivity index (χ4n) is 2.54. The van der Waals surface area contributed by atoms with Gasteiger partial charge in [-0.05, 0) is 46.0 Å². The van der Waals surface area contributed by atoms with E-state index in [1.807, 2.05) is 13.8 Å². The van der Waals surface area contributed by atoms with Gasteiger partial charge in [0.05, 0.1) is 6.26 Å². The third-order valence-corrected chi connectivity index (χ3v) is 4.43. The fourth-order valence-corrected chi connectivity index (χ4v) is 3.61. The van der Waals surface area contributed by atoms with Gasteiger partial charge in [-0.3, -0.25) is 4.99 Å². The van der Waals surface area contributed by atoms with Crippen LogP contribution in [0.4, 0.5) is 0 Å². The second kappa shape index (κ2) is 8.53. The zero-order valence-corrected chi connectivity index (χ0v) is 15.0. The van der Waals surface area contributed by atoms with Crippen LogP contribution in [0.3, 0.4) is 0 Å². The van der Waals surface area contributed by atoms with Crippen molar-refractivity contribution in [1.82, 2.24) is 15.4 Å². The number of allylic oxidation sites excluding steroid dienone is 1. The summed E-state index contributed by atoms with van der Waals surface area (Å²) in [5, 5.41) is 6.44. The molecule has 22 heavy (non-hydrogen) atoms. The molecule has 0 atom stereocenters. The van der Waals surface area contributed by atoms with E-state index in [1.165, 1.54) is 37.5 Å². The summed E-state index contributed by atoms with van der Waals surface area (Å²) in [5.74, 6) is 0.694. The summed E-state index contributed by atoms with van der Waals surface area (Å²) >= 11 is 0. The van der Waals surface area contributed by atoms with Crippen molar-refractivity contribution in [2.75, 3.05) is 26.4 Å². The highest BCUT2D eigenvalue weighted by molar-refractivity contribution is 7.88. The summed E-state index contributed by atoms with van der Waals surface area (Å²) in [6, 6.07) is 0. The lowest BCUT2D eigenvalue weighted by Crippen LogP contribution is -2.53. The molecule has 0 aromatic rings. The Kier molecular flexibility index (Phi) is 7.35. The molecule has 0 saturated carbocycles. The first-order chi connectivity index (χ1) is 10.2. The zero-order valence-electron chi connectivity index (χ0n) is 14.2. The van der Waals surface area contributed by atoms with Crippen molar-refractivity contribution in [3.8, 4) is 0 Å². The summed E-state index contributed by atoms with van der Waals surface area (Å²) in [7, 11) is -1.51. The van der Waals surface area contributed by atoms with Gasteiger partial charge in [0.1, 0.15) is 0 Å². The third-order valence-electron chi connectivity index (χ3n) is 3.51. The lowest BCUT2D eigenvalue weighted by Gasteiger charge is -2.26. The Labute approximate surface area is 134 Å². The van der Waals surface area contributed by atoms with Crippen LogP contribution in [-0.4, -0.2) is 46.3 Å². The molecule has 7 heteroatoms. The quantitative estimate of drug-likeness (QED) is 0.374. The van der Waals surface area contributed by atoms with E-state index in [-0.39, 0.29) is 0 Å². The maximum atomic E-state index is 11.3. The predicted octanol–water partition coefficient (Wildman–Crippen LogP) is 1.37. The van der Waals surface area contributed by atoms with Crippen molar-refractivity contribution in [3.05, 3.63) is 11.6 Å². The van der Waals surface area contributed by atoms with E-state index in [0.717, 1.165) is 13.0 Å². The lowest BCUT2D eigenvalue weighted by molar-refractivity contribution is 0.446. The minimum Gasteiger partial charge on any atom is -0.356 e. The van der Waals surface area contributed by atoms with Crippen LogP contribution >= 0.6 is 0 Å². The van der Waals surface area contributed by atoms with Crippen LogP contribution in [0.25, 0.3) is 0 Å². The highest BCUT2D eigenvalue weighted by atomic mass is 32.2. The van der Waals surface area contributed by atoms with Gasteiger partial charge in [0.25, 0.3) is 0 Å². The third kappa shape index (κ3) is 8.38. The summed E-state index contributed by atoms with van der Waals surface area (Å²) in [6.07, 6.45) is 9.56. The summed E-state index contributed by atoms with van der Waals surface area (Å²) in [4.78, 5) is 4.17. The lowest BCUT2D eigenvalue weighted by atomic mass is 9.97. The highest BCUT2D eigenvalue weighted by Crippen LogP contribution is 2.19. The molecule has 0 heterocycles. The number of hydrogen-bond donors (Lipinski definition) is 3. The topological polar surface area (TPSA) is 82.6 Å². The second-order valence-corrected chi connectivity index (χ2v) is 8.22. The first-order valence-electron chi connectivity index (χ1n) is 7.83. The van der Waals surface area contributed by atoms with E-state index in [9.17, 15) is 8.42 Å². The van der Waals surface area contributed by atoms with Crippen LogP contribution in [0.5, 0.6) is 0 Å². The molecule has 0 spiro atoms. The van der Waals surface area contributed by atoms with Crippen molar-refractivity contribution in [1.29, 1.82) is 0 Å². The van der Waals surface area contributed by atoms with Gasteiger partial charge in [0, 0.05) is 25.7 Å². The normalized spacial score (nSPS) is 17.1. The van der Waals surface area contributed by atoms with Gasteiger partial charge in [-0.2, -0.15) is 0 Å². The highest BCUT2D eigenvalue weighted by Gasteiger charge is 2.22. The number of rotatable bonds is 7. The number of hydrogen-bond acceptors (Lipinski definition) is 3. The van der Waals surface area contributed by atoms with E-state index < -0.39 is 15.6 Å². The molecule has 3 N–H and O–H groups in total.